The minimum atomic E-state index is -0.660. The maximum Gasteiger partial charge on any atom is 0.158 e. The minimum absolute atomic E-state index is 0.358. The zero-order valence-corrected chi connectivity index (χ0v) is 13.0. The molecule has 1 aromatic rings. The number of nitrogens with zero attached hydrogens (tertiary/aromatic N) is 4. The van der Waals surface area contributed by atoms with Crippen LogP contribution in [0.25, 0.3) is 0 Å². The average molecular weight is 295 g/mol. The van der Waals surface area contributed by atoms with Crippen LogP contribution in [0.2, 0.25) is 0 Å². The van der Waals surface area contributed by atoms with Gasteiger partial charge in [0.25, 0.3) is 0 Å². The lowest BCUT2D eigenvalue weighted by Crippen LogP contribution is -2.50. The zero-order chi connectivity index (χ0) is 15.5. The fourth-order valence-corrected chi connectivity index (χ4v) is 2.54. The number of rotatable bonds is 5. The fourth-order valence-electron chi connectivity index (χ4n) is 2.54. The minimum Gasteiger partial charge on any atom is -0.389 e. The highest BCUT2D eigenvalue weighted by Gasteiger charge is 2.23. The summed E-state index contributed by atoms with van der Waals surface area (Å²) in [5.74, 6) is 1.91. The first-order valence-electron chi connectivity index (χ1n) is 7.19. The lowest BCUT2D eigenvalue weighted by atomic mass is 10.1. The average Bonchev–Trinajstić information content (AvgIpc) is 2.37. The van der Waals surface area contributed by atoms with Gasteiger partial charge in [-0.25, -0.2) is 9.97 Å². The van der Waals surface area contributed by atoms with E-state index in [1.807, 2.05) is 13.8 Å². The number of anilines is 2. The molecular formula is C14H25N5O2. The molecule has 0 radical (unpaired) electrons. The molecule has 0 atom stereocenters. The molecule has 2 rings (SSSR count). The Hall–Kier alpha value is -1.44. The predicted molar refractivity (Wildman–Crippen MR) is 82.1 cm³/mol. The molecule has 3 N–H and O–H groups in total. The highest BCUT2D eigenvalue weighted by Crippen LogP contribution is 2.17. The predicted octanol–water partition coefficient (Wildman–Crippen LogP) is 0.0981. The summed E-state index contributed by atoms with van der Waals surface area (Å²) in [4.78, 5) is 13.1. The van der Waals surface area contributed by atoms with Gasteiger partial charge >= 0.3 is 0 Å². The Labute approximate surface area is 125 Å². The molecule has 0 spiro atoms. The summed E-state index contributed by atoms with van der Waals surface area (Å²) in [7, 11) is 1.61. The summed E-state index contributed by atoms with van der Waals surface area (Å²) in [6.45, 7) is 8.22. The third-order valence-corrected chi connectivity index (χ3v) is 3.36. The molecule has 0 bridgehead atoms. The molecule has 0 aromatic carbocycles. The summed E-state index contributed by atoms with van der Waals surface area (Å²) < 4.78 is 5.06. The van der Waals surface area contributed by atoms with Crippen LogP contribution in [0.15, 0.2) is 6.07 Å². The molecule has 1 fully saturated rings. The van der Waals surface area contributed by atoms with Crippen molar-refractivity contribution >= 4 is 11.6 Å². The largest absolute Gasteiger partial charge is 0.389 e. The quantitative estimate of drug-likeness (QED) is 0.796. The van der Waals surface area contributed by atoms with Crippen LogP contribution in [0.3, 0.4) is 0 Å². The van der Waals surface area contributed by atoms with Gasteiger partial charge in [-0.15, -0.1) is 0 Å². The molecule has 0 unspecified atom stereocenters. The Bertz CT molecular complexity index is 467. The topological polar surface area (TPSA) is 87.7 Å². The van der Waals surface area contributed by atoms with Crippen molar-refractivity contribution in [2.75, 3.05) is 50.5 Å². The summed E-state index contributed by atoms with van der Waals surface area (Å²) >= 11 is 0. The van der Waals surface area contributed by atoms with Gasteiger partial charge in [0.2, 0.25) is 0 Å². The molecule has 1 saturated heterocycles. The van der Waals surface area contributed by atoms with Crippen LogP contribution in [0.1, 0.15) is 19.7 Å². The van der Waals surface area contributed by atoms with Crippen molar-refractivity contribution < 1.29 is 9.84 Å². The van der Waals surface area contributed by atoms with Gasteiger partial charge in [0.15, 0.2) is 5.82 Å². The van der Waals surface area contributed by atoms with E-state index in [0.29, 0.717) is 24.8 Å². The normalized spacial score (nSPS) is 17.2. The van der Waals surface area contributed by atoms with Crippen LogP contribution in [-0.4, -0.2) is 65.4 Å². The van der Waals surface area contributed by atoms with Gasteiger partial charge in [-0.1, -0.05) is 0 Å². The summed E-state index contributed by atoms with van der Waals surface area (Å²) in [6.07, 6.45) is 0. The van der Waals surface area contributed by atoms with Crippen molar-refractivity contribution in [2.24, 2.45) is 0 Å². The van der Waals surface area contributed by atoms with E-state index in [4.69, 9.17) is 10.5 Å². The van der Waals surface area contributed by atoms with Gasteiger partial charge < -0.3 is 20.5 Å². The lowest BCUT2D eigenvalue weighted by molar-refractivity contribution is 0.0344. The first kappa shape index (κ1) is 15.9. The molecule has 118 valence electrons. The van der Waals surface area contributed by atoms with E-state index in [1.165, 1.54) is 0 Å². The Kier molecular flexibility index (Phi) is 4.97. The molecule has 1 aliphatic rings. The number of hydrogen-bond acceptors (Lipinski definition) is 7. The second-order valence-corrected chi connectivity index (χ2v) is 6.08. The number of aromatic nitrogens is 2. The second kappa shape index (κ2) is 6.55. The summed E-state index contributed by atoms with van der Waals surface area (Å²) in [6, 6.07) is 1.80. The molecule has 7 nitrogen and oxygen atoms in total. The van der Waals surface area contributed by atoms with E-state index in [-0.39, 0.29) is 0 Å². The van der Waals surface area contributed by atoms with Crippen molar-refractivity contribution in [1.29, 1.82) is 0 Å². The maximum atomic E-state index is 9.88. The van der Waals surface area contributed by atoms with Crippen LogP contribution < -0.4 is 10.6 Å². The van der Waals surface area contributed by atoms with Gasteiger partial charge in [-0.2, -0.15) is 0 Å². The number of aliphatic hydroxyl groups is 1. The summed E-state index contributed by atoms with van der Waals surface area (Å²) in [5.41, 5.74) is 5.17. The molecule has 0 amide bonds. The van der Waals surface area contributed by atoms with Crippen molar-refractivity contribution in [3.63, 3.8) is 0 Å². The van der Waals surface area contributed by atoms with Crippen molar-refractivity contribution in [1.82, 2.24) is 14.9 Å². The van der Waals surface area contributed by atoms with E-state index in [9.17, 15) is 5.11 Å². The third kappa shape index (κ3) is 4.80. The number of methoxy groups -OCH3 is 1. The number of β-amino-alcohol motifs (C(OH)–C–C–N with tert-alkyl or cyclic N) is 1. The van der Waals surface area contributed by atoms with Gasteiger partial charge in [-0.05, 0) is 13.8 Å². The summed E-state index contributed by atoms with van der Waals surface area (Å²) in [5, 5.41) is 9.88. The van der Waals surface area contributed by atoms with Crippen molar-refractivity contribution in [3.8, 4) is 0 Å². The molecular weight excluding hydrogens is 270 g/mol. The lowest BCUT2D eigenvalue weighted by Gasteiger charge is -2.37. The smallest absolute Gasteiger partial charge is 0.158 e. The Morgan fingerprint density at radius 2 is 1.95 bits per heavy atom. The van der Waals surface area contributed by atoms with E-state index in [2.05, 4.69) is 19.8 Å². The van der Waals surface area contributed by atoms with E-state index in [1.54, 1.807) is 13.2 Å². The maximum absolute atomic E-state index is 9.88. The molecule has 1 aliphatic heterocycles. The molecule has 21 heavy (non-hydrogen) atoms. The Morgan fingerprint density at radius 1 is 1.29 bits per heavy atom. The number of ether oxygens (including phenoxy) is 1. The van der Waals surface area contributed by atoms with Crippen molar-refractivity contribution in [2.45, 2.75) is 26.1 Å². The standard InChI is InChI=1S/C14H25N5O2/c1-14(2,20)10-18-4-6-19(7-5-18)13-8-11(15)16-12(17-13)9-21-3/h8,20H,4-7,9-10H2,1-3H3,(H2,15,16,17). The van der Waals surface area contributed by atoms with Gasteiger partial charge in [0.1, 0.15) is 18.2 Å². The van der Waals surface area contributed by atoms with Gasteiger partial charge in [0, 0.05) is 45.9 Å². The number of nitrogen functional groups attached to an aromatic ring is 1. The Balaban J connectivity index is 1.98. The van der Waals surface area contributed by atoms with Crippen LogP contribution in [0, 0.1) is 0 Å². The van der Waals surface area contributed by atoms with Gasteiger partial charge in [0.05, 0.1) is 5.60 Å². The van der Waals surface area contributed by atoms with Crippen LogP contribution in [0.5, 0.6) is 0 Å². The van der Waals surface area contributed by atoms with E-state index in [0.717, 1.165) is 32.0 Å². The van der Waals surface area contributed by atoms with Crippen LogP contribution in [0.4, 0.5) is 11.6 Å². The highest BCUT2D eigenvalue weighted by atomic mass is 16.5. The first-order valence-corrected chi connectivity index (χ1v) is 7.19. The molecule has 0 aliphatic carbocycles. The van der Waals surface area contributed by atoms with Crippen LogP contribution in [-0.2, 0) is 11.3 Å². The van der Waals surface area contributed by atoms with Crippen LogP contribution >= 0.6 is 0 Å². The molecule has 0 saturated carbocycles. The molecule has 1 aromatic heterocycles. The van der Waals surface area contributed by atoms with Gasteiger partial charge in [-0.3, -0.25) is 4.90 Å². The van der Waals surface area contributed by atoms with E-state index >= 15 is 0 Å². The number of nitrogens with two attached hydrogens (primary N) is 1. The molecule has 7 heteroatoms. The fraction of sp³-hybridized carbons (Fsp3) is 0.714. The van der Waals surface area contributed by atoms with E-state index < -0.39 is 5.60 Å². The Morgan fingerprint density at radius 3 is 2.52 bits per heavy atom. The highest BCUT2D eigenvalue weighted by molar-refractivity contribution is 5.47. The SMILES string of the molecule is COCc1nc(N)cc(N2CCN(CC(C)(C)O)CC2)n1. The zero-order valence-electron chi connectivity index (χ0n) is 13.0. The van der Waals surface area contributed by atoms with Crippen molar-refractivity contribution in [3.05, 3.63) is 11.9 Å². The third-order valence-electron chi connectivity index (χ3n) is 3.36. The second-order valence-electron chi connectivity index (χ2n) is 6.08. The molecule has 2 heterocycles. The first-order chi connectivity index (χ1) is 9.87. The number of piperazine rings is 1. The number of hydrogen-bond donors (Lipinski definition) is 2. The monoisotopic (exact) mass is 295 g/mol.